The van der Waals surface area contributed by atoms with Crippen molar-refractivity contribution in [3.8, 4) is 11.5 Å². The summed E-state index contributed by atoms with van der Waals surface area (Å²) < 4.78 is 24.8. The lowest BCUT2D eigenvalue weighted by atomic mass is 9.84. The van der Waals surface area contributed by atoms with E-state index in [4.69, 9.17) is 9.47 Å². The number of aryl methyl sites for hydroxylation is 2. The van der Waals surface area contributed by atoms with Crippen LogP contribution < -0.4 is 9.47 Å². The summed E-state index contributed by atoms with van der Waals surface area (Å²) in [5.41, 5.74) is 1.72. The zero-order valence-electron chi connectivity index (χ0n) is 20.7. The van der Waals surface area contributed by atoms with Crippen molar-refractivity contribution in [2.24, 2.45) is 5.92 Å². The van der Waals surface area contributed by atoms with E-state index in [9.17, 15) is 14.2 Å². The highest BCUT2D eigenvalue weighted by Gasteiger charge is 2.43. The maximum atomic E-state index is 14.2. The summed E-state index contributed by atoms with van der Waals surface area (Å²) in [7, 11) is -1.03. The van der Waals surface area contributed by atoms with Crippen LogP contribution in [0.3, 0.4) is 0 Å². The number of rotatable bonds is 8. The van der Waals surface area contributed by atoms with Gasteiger partial charge in [0.05, 0.1) is 19.8 Å². The van der Waals surface area contributed by atoms with Crippen molar-refractivity contribution in [3.63, 3.8) is 0 Å². The second kappa shape index (κ2) is 9.62. The van der Waals surface area contributed by atoms with Gasteiger partial charge in [0.2, 0.25) is 18.2 Å². The van der Waals surface area contributed by atoms with Gasteiger partial charge in [-0.15, -0.1) is 0 Å². The molecule has 0 fully saturated rings. The third kappa shape index (κ3) is 5.15. The largest absolute Gasteiger partial charge is 0.497 e. The molecular weight excluding hydrogens is 423 g/mol. The Bertz CT molecular complexity index is 1050. The third-order valence-electron chi connectivity index (χ3n) is 5.53. The number of ether oxygens (including phenoxy) is 2. The van der Waals surface area contributed by atoms with E-state index in [1.54, 1.807) is 12.1 Å². The van der Waals surface area contributed by atoms with Gasteiger partial charge in [0.25, 0.3) is 0 Å². The Morgan fingerprint density at radius 3 is 1.94 bits per heavy atom. The minimum absolute atomic E-state index is 0.000246. The molecular formula is C26H35O5P. The molecule has 5 nitrogen and oxygen atoms in total. The minimum Gasteiger partial charge on any atom is -0.497 e. The average molecular weight is 459 g/mol. The predicted octanol–water partition coefficient (Wildman–Crippen LogP) is 6.62. The molecule has 2 rings (SSSR count). The molecule has 0 amide bonds. The summed E-state index contributed by atoms with van der Waals surface area (Å²) in [5, 5.41) is 0. The summed E-state index contributed by atoms with van der Waals surface area (Å²) in [6, 6.07) is 8.60. The molecule has 1 atom stereocenters. The zero-order chi connectivity index (χ0) is 24.4. The first kappa shape index (κ1) is 25.9. The van der Waals surface area contributed by atoms with Crippen LogP contribution in [0.15, 0.2) is 30.3 Å². The summed E-state index contributed by atoms with van der Waals surface area (Å²) >= 11 is 0. The number of carbonyl (C=O) groups excluding carboxylic acids is 2. The van der Waals surface area contributed by atoms with Crippen LogP contribution in [0.25, 0.3) is 0 Å². The Labute approximate surface area is 191 Å². The van der Waals surface area contributed by atoms with Crippen LogP contribution in [0.1, 0.15) is 72.0 Å². The smallest absolute Gasteiger partial charge is 0.232 e. The van der Waals surface area contributed by atoms with Crippen LogP contribution in [0.4, 0.5) is 0 Å². The Balaban J connectivity index is 2.67. The van der Waals surface area contributed by atoms with Crippen molar-refractivity contribution in [3.05, 3.63) is 58.1 Å². The van der Waals surface area contributed by atoms with Crippen molar-refractivity contribution in [1.82, 2.24) is 0 Å². The van der Waals surface area contributed by atoms with Crippen LogP contribution in [0.2, 0.25) is 0 Å². The standard InChI is InChI=1S/C26H35O5P/c1-16(2)15-32(29,24(27)21-11-10-20(30-8)14-22(21)31-9)25(28)23-17(3)12-19(13-18(23)4)26(5,6)7/h10-14,16H,15H2,1-9H3. The van der Waals surface area contributed by atoms with Gasteiger partial charge in [-0.05, 0) is 54.0 Å². The first-order valence-corrected chi connectivity index (χ1v) is 12.7. The van der Waals surface area contributed by atoms with Crippen LogP contribution in [0.5, 0.6) is 11.5 Å². The SMILES string of the molecule is COc1ccc(C(=O)P(=O)(CC(C)C)C(=O)c2c(C)cc(C(C)(C)C)cc2C)c(OC)c1. The summed E-state index contributed by atoms with van der Waals surface area (Å²) in [4.78, 5) is 27.4. The second-order valence-electron chi connectivity index (χ2n) is 9.73. The first-order valence-electron chi connectivity index (χ1n) is 10.8. The number of hydrogen-bond acceptors (Lipinski definition) is 5. The van der Waals surface area contributed by atoms with Crippen molar-refractivity contribution in [1.29, 1.82) is 0 Å². The first-order chi connectivity index (χ1) is 14.8. The summed E-state index contributed by atoms with van der Waals surface area (Å²) in [6.07, 6.45) is -0.000246. The maximum absolute atomic E-state index is 14.2. The van der Waals surface area contributed by atoms with Crippen LogP contribution in [-0.4, -0.2) is 31.4 Å². The lowest BCUT2D eigenvalue weighted by Gasteiger charge is -2.24. The zero-order valence-corrected chi connectivity index (χ0v) is 21.6. The molecule has 0 N–H and O–H groups in total. The Morgan fingerprint density at radius 1 is 0.938 bits per heavy atom. The number of benzene rings is 2. The quantitative estimate of drug-likeness (QED) is 0.416. The van der Waals surface area contributed by atoms with Gasteiger partial charge in [-0.1, -0.05) is 46.8 Å². The van der Waals surface area contributed by atoms with Crippen LogP contribution >= 0.6 is 7.14 Å². The fourth-order valence-corrected chi connectivity index (χ4v) is 6.69. The number of hydrogen-bond donors (Lipinski definition) is 0. The highest BCUT2D eigenvalue weighted by atomic mass is 31.2. The summed E-state index contributed by atoms with van der Waals surface area (Å²) in [6.45, 7) is 13.7. The molecule has 6 heteroatoms. The summed E-state index contributed by atoms with van der Waals surface area (Å²) in [5.74, 6) is 0.642. The number of carbonyl (C=O) groups is 2. The van der Waals surface area contributed by atoms with E-state index in [2.05, 4.69) is 20.8 Å². The maximum Gasteiger partial charge on any atom is 0.232 e. The molecule has 0 aliphatic heterocycles. The third-order valence-corrected chi connectivity index (χ3v) is 8.55. The highest BCUT2D eigenvalue weighted by molar-refractivity contribution is 7.95. The average Bonchev–Trinajstić information content (AvgIpc) is 2.70. The Kier molecular flexibility index (Phi) is 7.78. The van der Waals surface area contributed by atoms with E-state index >= 15 is 0 Å². The normalized spacial score (nSPS) is 13.6. The van der Waals surface area contributed by atoms with E-state index in [1.165, 1.54) is 20.3 Å². The molecule has 0 aromatic heterocycles. The predicted molar refractivity (Wildman–Crippen MR) is 130 cm³/mol. The lowest BCUT2D eigenvalue weighted by Crippen LogP contribution is -2.19. The lowest BCUT2D eigenvalue weighted by molar-refractivity contribution is 0.103. The van der Waals surface area contributed by atoms with Crippen molar-refractivity contribution >= 4 is 18.2 Å². The molecule has 2 aromatic carbocycles. The Morgan fingerprint density at radius 2 is 1.50 bits per heavy atom. The fraction of sp³-hybridized carbons (Fsp3) is 0.462. The van der Waals surface area contributed by atoms with E-state index in [1.807, 2.05) is 39.8 Å². The monoisotopic (exact) mass is 458 g/mol. The molecule has 1 unspecified atom stereocenters. The van der Waals surface area contributed by atoms with Crippen LogP contribution in [-0.2, 0) is 9.98 Å². The molecule has 0 saturated heterocycles. The van der Waals surface area contributed by atoms with Crippen LogP contribution in [0, 0.1) is 19.8 Å². The van der Waals surface area contributed by atoms with E-state index < -0.39 is 18.2 Å². The molecule has 174 valence electrons. The number of methoxy groups -OCH3 is 2. The molecule has 2 aromatic rings. The van der Waals surface area contributed by atoms with E-state index in [0.29, 0.717) is 11.3 Å². The van der Waals surface area contributed by atoms with Gasteiger partial charge in [0.15, 0.2) is 0 Å². The molecule has 0 heterocycles. The second-order valence-corrected chi connectivity index (χ2v) is 12.4. The van der Waals surface area contributed by atoms with Crippen molar-refractivity contribution in [2.75, 3.05) is 20.4 Å². The van der Waals surface area contributed by atoms with Gasteiger partial charge in [0, 0.05) is 17.8 Å². The van der Waals surface area contributed by atoms with Gasteiger partial charge in [0.1, 0.15) is 11.5 Å². The minimum atomic E-state index is -3.97. The molecule has 0 aliphatic carbocycles. The molecule has 32 heavy (non-hydrogen) atoms. The van der Waals surface area contributed by atoms with Gasteiger partial charge >= 0.3 is 0 Å². The molecule has 0 aliphatic rings. The molecule has 0 bridgehead atoms. The molecule has 0 radical (unpaired) electrons. The van der Waals surface area contributed by atoms with Crippen molar-refractivity contribution < 1.29 is 23.6 Å². The molecule has 0 spiro atoms. The highest BCUT2D eigenvalue weighted by Crippen LogP contribution is 2.55. The van der Waals surface area contributed by atoms with E-state index in [-0.39, 0.29) is 28.8 Å². The fourth-order valence-electron chi connectivity index (χ4n) is 3.86. The Hall–Kier alpha value is -2.39. The topological polar surface area (TPSA) is 69.7 Å². The van der Waals surface area contributed by atoms with Gasteiger partial charge < -0.3 is 14.0 Å². The molecule has 0 saturated carbocycles. The van der Waals surface area contributed by atoms with Gasteiger partial charge in [-0.2, -0.15) is 0 Å². The van der Waals surface area contributed by atoms with E-state index in [0.717, 1.165) is 16.7 Å². The van der Waals surface area contributed by atoms with Crippen molar-refractivity contribution in [2.45, 2.75) is 53.9 Å². The van der Waals surface area contributed by atoms with Gasteiger partial charge in [-0.25, -0.2) is 0 Å². The van der Waals surface area contributed by atoms with Gasteiger partial charge in [-0.3, -0.25) is 9.59 Å².